The van der Waals surface area contributed by atoms with Crippen molar-refractivity contribution in [2.24, 2.45) is 4.99 Å². The summed E-state index contributed by atoms with van der Waals surface area (Å²) in [4.78, 5) is 23.8. The topological polar surface area (TPSA) is 55.2 Å². The van der Waals surface area contributed by atoms with Crippen LogP contribution in [0.3, 0.4) is 0 Å². The highest BCUT2D eigenvalue weighted by atomic mass is 79.9. The Labute approximate surface area is 115 Å². The lowest BCUT2D eigenvalue weighted by Crippen LogP contribution is -2.23. The van der Waals surface area contributed by atoms with Crippen LogP contribution < -0.4 is 10.6 Å². The Hall–Kier alpha value is -1.59. The third-order valence-corrected chi connectivity index (χ3v) is 3.22. The van der Waals surface area contributed by atoms with Gasteiger partial charge in [0, 0.05) is 15.9 Å². The molecule has 1 aliphatic heterocycles. The summed E-state index contributed by atoms with van der Waals surface area (Å²) in [6, 6.07) is 7.11. The molecule has 0 N–H and O–H groups in total. The van der Waals surface area contributed by atoms with E-state index in [0.29, 0.717) is 16.6 Å². The first-order chi connectivity index (χ1) is 8.65. The van der Waals surface area contributed by atoms with Crippen LogP contribution in [0.25, 0.3) is 5.57 Å². The van der Waals surface area contributed by atoms with Crippen LogP contribution in [0.1, 0.15) is 5.69 Å². The number of benzene rings is 1. The summed E-state index contributed by atoms with van der Waals surface area (Å²) in [5.41, 5.74) is 0.941. The zero-order valence-electron chi connectivity index (χ0n) is 8.89. The first kappa shape index (κ1) is 11.5. The predicted octanol–water partition coefficient (Wildman–Crippen LogP) is 1.25. The molecule has 3 rings (SSSR count). The minimum Gasteiger partial charge on any atom is -0.267 e. The largest absolute Gasteiger partial charge is 0.280 e. The number of carbonyl (C=O) groups is 1. The maximum Gasteiger partial charge on any atom is 0.280 e. The summed E-state index contributed by atoms with van der Waals surface area (Å²) < 4.78 is 0.879. The molecule has 0 radical (unpaired) electrons. The van der Waals surface area contributed by atoms with Crippen LogP contribution in [0.5, 0.6) is 0 Å². The Morgan fingerprint density at radius 3 is 2.83 bits per heavy atom. The minimum absolute atomic E-state index is 0.108. The van der Waals surface area contributed by atoms with Crippen LogP contribution in [0, 0.1) is 0 Å². The lowest BCUT2D eigenvalue weighted by atomic mass is 10.1. The molecular formula is C12H5BrClN3O. The van der Waals surface area contributed by atoms with Gasteiger partial charge in [-0.3, -0.25) is 4.79 Å². The van der Waals surface area contributed by atoms with Crippen molar-refractivity contribution in [1.29, 1.82) is 0 Å². The van der Waals surface area contributed by atoms with Gasteiger partial charge in [-0.15, -0.1) is 0 Å². The Balaban J connectivity index is 2.38. The molecule has 1 amide bonds. The van der Waals surface area contributed by atoms with Crippen molar-refractivity contribution in [3.8, 4) is 0 Å². The second-order valence-electron chi connectivity index (χ2n) is 3.66. The van der Waals surface area contributed by atoms with E-state index in [1.165, 1.54) is 6.20 Å². The van der Waals surface area contributed by atoms with Gasteiger partial charge in [0.25, 0.3) is 5.91 Å². The zero-order chi connectivity index (χ0) is 12.7. The predicted molar refractivity (Wildman–Crippen MR) is 69.5 cm³/mol. The molecule has 4 nitrogen and oxygen atoms in total. The van der Waals surface area contributed by atoms with Crippen molar-refractivity contribution in [3.05, 3.63) is 56.5 Å². The fourth-order valence-corrected chi connectivity index (χ4v) is 2.32. The monoisotopic (exact) mass is 321 g/mol. The number of aromatic nitrogens is 2. The highest BCUT2D eigenvalue weighted by Crippen LogP contribution is 2.14. The third-order valence-electron chi connectivity index (χ3n) is 2.55. The quantitative estimate of drug-likeness (QED) is 0.743. The smallest absolute Gasteiger partial charge is 0.267 e. The average Bonchev–Trinajstić information content (AvgIpc) is 2.64. The Morgan fingerprint density at radius 2 is 2.06 bits per heavy atom. The van der Waals surface area contributed by atoms with Crippen LogP contribution in [0.15, 0.2) is 39.9 Å². The fraction of sp³-hybridized carbons (Fsp3) is 0. The molecule has 0 saturated heterocycles. The number of hydrogen-bond donors (Lipinski definition) is 0. The Kier molecular flexibility index (Phi) is 2.72. The maximum absolute atomic E-state index is 11.9. The summed E-state index contributed by atoms with van der Waals surface area (Å²) in [6.45, 7) is 0. The average molecular weight is 323 g/mol. The number of rotatable bonds is 1. The second-order valence-corrected chi connectivity index (χ2v) is 4.92. The summed E-state index contributed by atoms with van der Waals surface area (Å²) in [7, 11) is 0. The van der Waals surface area contributed by atoms with Gasteiger partial charge >= 0.3 is 0 Å². The Morgan fingerprint density at radius 1 is 1.22 bits per heavy atom. The van der Waals surface area contributed by atoms with Crippen molar-refractivity contribution < 1.29 is 4.79 Å². The van der Waals surface area contributed by atoms with Crippen LogP contribution in [0.4, 0.5) is 0 Å². The van der Waals surface area contributed by atoms with Gasteiger partial charge in [-0.05, 0) is 35.9 Å². The molecule has 0 unspecified atom stereocenters. The molecule has 18 heavy (non-hydrogen) atoms. The number of amides is 1. The molecule has 1 aromatic heterocycles. The first-order valence-electron chi connectivity index (χ1n) is 5.07. The normalized spacial score (nSPS) is 13.4. The standard InChI is InChI=1S/C12H5BrClN3O/c13-6-1-2-8-7(5-6)10(11(18)16-8)9-3-4-15-12(14)17-9/h1-5H. The van der Waals surface area contributed by atoms with Crippen molar-refractivity contribution in [3.63, 3.8) is 0 Å². The van der Waals surface area contributed by atoms with Gasteiger partial charge in [0.05, 0.1) is 16.6 Å². The lowest BCUT2D eigenvalue weighted by molar-refractivity contribution is -0.112. The third kappa shape index (κ3) is 1.85. The van der Waals surface area contributed by atoms with Gasteiger partial charge in [0.1, 0.15) is 0 Å². The summed E-state index contributed by atoms with van der Waals surface area (Å²) in [6.07, 6.45) is 1.51. The molecule has 0 aliphatic carbocycles. The molecular weight excluding hydrogens is 318 g/mol. The molecule has 6 heteroatoms. The van der Waals surface area contributed by atoms with E-state index < -0.39 is 0 Å². The molecule has 2 heterocycles. The van der Waals surface area contributed by atoms with Crippen molar-refractivity contribution in [2.75, 3.05) is 0 Å². The summed E-state index contributed by atoms with van der Waals surface area (Å²) >= 11 is 9.12. The molecule has 0 atom stereocenters. The first-order valence-corrected chi connectivity index (χ1v) is 6.24. The van der Waals surface area contributed by atoms with Gasteiger partial charge in [0.15, 0.2) is 0 Å². The van der Waals surface area contributed by atoms with Crippen LogP contribution in [-0.2, 0) is 4.79 Å². The number of fused-ring (bicyclic) bond motifs is 1. The molecule has 88 valence electrons. The van der Waals surface area contributed by atoms with E-state index in [4.69, 9.17) is 11.6 Å². The Bertz CT molecular complexity index is 788. The van der Waals surface area contributed by atoms with Crippen LogP contribution >= 0.6 is 27.5 Å². The fourth-order valence-electron chi connectivity index (χ4n) is 1.81. The van der Waals surface area contributed by atoms with Crippen molar-refractivity contribution >= 4 is 39.0 Å². The van der Waals surface area contributed by atoms with E-state index >= 15 is 0 Å². The highest BCUT2D eigenvalue weighted by molar-refractivity contribution is 9.10. The van der Waals surface area contributed by atoms with E-state index in [2.05, 4.69) is 30.9 Å². The molecule has 1 aromatic carbocycles. The molecule has 0 bridgehead atoms. The van der Waals surface area contributed by atoms with Gasteiger partial charge in [-0.25, -0.2) is 15.0 Å². The van der Waals surface area contributed by atoms with E-state index in [1.54, 1.807) is 12.1 Å². The number of nitrogens with zero attached hydrogens (tertiary/aromatic N) is 3. The molecule has 0 fully saturated rings. The summed E-state index contributed by atoms with van der Waals surface area (Å²) in [5.74, 6) is -0.308. The van der Waals surface area contributed by atoms with Gasteiger partial charge in [-0.1, -0.05) is 15.9 Å². The van der Waals surface area contributed by atoms with Crippen LogP contribution in [-0.4, -0.2) is 15.9 Å². The van der Waals surface area contributed by atoms with Gasteiger partial charge in [0.2, 0.25) is 5.28 Å². The van der Waals surface area contributed by atoms with Crippen molar-refractivity contribution in [1.82, 2.24) is 9.97 Å². The van der Waals surface area contributed by atoms with Gasteiger partial charge in [-0.2, -0.15) is 0 Å². The molecule has 2 aromatic rings. The summed E-state index contributed by atoms with van der Waals surface area (Å²) in [5, 5.41) is 1.51. The number of hydrogen-bond acceptors (Lipinski definition) is 3. The highest BCUT2D eigenvalue weighted by Gasteiger charge is 2.19. The number of halogens is 2. The SMILES string of the molecule is O=C1N=c2ccc(Br)cc2=C1c1ccnc(Cl)n1. The van der Waals surface area contributed by atoms with Gasteiger partial charge < -0.3 is 0 Å². The van der Waals surface area contributed by atoms with Crippen molar-refractivity contribution in [2.45, 2.75) is 0 Å². The van der Waals surface area contributed by atoms with E-state index in [1.807, 2.05) is 12.1 Å². The maximum atomic E-state index is 11.9. The molecule has 0 spiro atoms. The van der Waals surface area contributed by atoms with E-state index in [-0.39, 0.29) is 11.2 Å². The second kappa shape index (κ2) is 4.26. The van der Waals surface area contributed by atoms with E-state index in [0.717, 1.165) is 9.69 Å². The molecule has 1 aliphatic rings. The van der Waals surface area contributed by atoms with E-state index in [9.17, 15) is 4.79 Å². The minimum atomic E-state index is -0.308. The number of carbonyl (C=O) groups excluding carboxylic acids is 1. The van der Waals surface area contributed by atoms with Crippen LogP contribution in [0.2, 0.25) is 5.28 Å². The zero-order valence-corrected chi connectivity index (χ0v) is 11.2. The molecule has 0 saturated carbocycles. The lowest BCUT2D eigenvalue weighted by Gasteiger charge is -1.99.